The molecule has 1 aliphatic rings. The van der Waals surface area contributed by atoms with Crippen molar-refractivity contribution >= 4 is 33.2 Å². The van der Waals surface area contributed by atoms with E-state index >= 15 is 0 Å². The van der Waals surface area contributed by atoms with Crippen LogP contribution in [0.5, 0.6) is 11.5 Å². The molecule has 0 unspecified atom stereocenters. The van der Waals surface area contributed by atoms with Crippen molar-refractivity contribution in [3.63, 3.8) is 0 Å². The van der Waals surface area contributed by atoms with Gasteiger partial charge in [-0.3, -0.25) is 9.59 Å². The summed E-state index contributed by atoms with van der Waals surface area (Å²) >= 11 is 0. The number of sulfonamides is 1. The van der Waals surface area contributed by atoms with E-state index in [4.69, 9.17) is 9.47 Å². The van der Waals surface area contributed by atoms with Gasteiger partial charge in [0, 0.05) is 42.9 Å². The first-order chi connectivity index (χ1) is 16.2. The van der Waals surface area contributed by atoms with Crippen LogP contribution in [0, 0.1) is 12.8 Å². The van der Waals surface area contributed by atoms with Gasteiger partial charge in [-0.15, -0.1) is 0 Å². The molecular formula is C24H31N3O6S. The summed E-state index contributed by atoms with van der Waals surface area (Å²) in [7, 11) is -0.789. The second-order valence-electron chi connectivity index (χ2n) is 8.12. The molecule has 3 rings (SSSR count). The molecule has 2 amide bonds. The maximum absolute atomic E-state index is 13.1. The van der Waals surface area contributed by atoms with Gasteiger partial charge in [0.2, 0.25) is 21.8 Å². The van der Waals surface area contributed by atoms with E-state index in [1.54, 1.807) is 25.1 Å². The Kier molecular flexibility index (Phi) is 8.16. The summed E-state index contributed by atoms with van der Waals surface area (Å²) in [5.41, 5.74) is 2.11. The van der Waals surface area contributed by atoms with E-state index in [-0.39, 0.29) is 35.7 Å². The van der Waals surface area contributed by atoms with Crippen molar-refractivity contribution in [3.8, 4) is 11.5 Å². The molecular weight excluding hydrogens is 458 g/mol. The third-order valence-electron chi connectivity index (χ3n) is 5.92. The van der Waals surface area contributed by atoms with Crippen molar-refractivity contribution in [1.82, 2.24) is 4.31 Å². The molecule has 0 radical (unpaired) electrons. The molecule has 0 aromatic heterocycles. The van der Waals surface area contributed by atoms with Gasteiger partial charge < -0.3 is 20.1 Å². The summed E-state index contributed by atoms with van der Waals surface area (Å²) in [6, 6.07) is 9.85. The summed E-state index contributed by atoms with van der Waals surface area (Å²) in [5, 5.41) is 5.72. The highest BCUT2D eigenvalue weighted by Crippen LogP contribution is 2.32. The minimum Gasteiger partial charge on any atom is -0.493 e. The molecule has 2 aromatic rings. The molecule has 10 heteroatoms. The second kappa shape index (κ2) is 10.9. The van der Waals surface area contributed by atoms with Crippen molar-refractivity contribution in [2.75, 3.05) is 37.9 Å². The maximum Gasteiger partial charge on any atom is 0.243 e. The number of carbonyl (C=O) groups excluding carboxylic acids is 2. The average Bonchev–Trinajstić information content (AvgIpc) is 2.85. The molecule has 9 nitrogen and oxygen atoms in total. The Labute approximate surface area is 200 Å². The van der Waals surface area contributed by atoms with Crippen molar-refractivity contribution in [3.05, 3.63) is 42.0 Å². The number of methoxy groups -OCH3 is 2. The number of rotatable bonds is 8. The third kappa shape index (κ3) is 5.68. The summed E-state index contributed by atoms with van der Waals surface area (Å²) in [6.07, 6.45) is 1.17. The quantitative estimate of drug-likeness (QED) is 0.588. The molecule has 0 atom stereocenters. The van der Waals surface area contributed by atoms with Crippen LogP contribution in [0.4, 0.5) is 11.4 Å². The average molecular weight is 490 g/mol. The maximum atomic E-state index is 13.1. The zero-order valence-electron chi connectivity index (χ0n) is 19.9. The van der Waals surface area contributed by atoms with Crippen molar-refractivity contribution in [1.29, 1.82) is 0 Å². The van der Waals surface area contributed by atoms with E-state index in [1.807, 2.05) is 13.0 Å². The van der Waals surface area contributed by atoms with Crippen molar-refractivity contribution in [2.24, 2.45) is 5.92 Å². The van der Waals surface area contributed by atoms with Crippen LogP contribution < -0.4 is 20.1 Å². The molecule has 0 aliphatic carbocycles. The molecule has 1 saturated heterocycles. The van der Waals surface area contributed by atoms with Gasteiger partial charge in [0.15, 0.2) is 11.5 Å². The number of piperidine rings is 1. The van der Waals surface area contributed by atoms with E-state index in [1.165, 1.54) is 30.7 Å². The molecule has 184 valence electrons. The number of carbonyl (C=O) groups is 2. The highest BCUT2D eigenvalue weighted by atomic mass is 32.2. The van der Waals surface area contributed by atoms with E-state index in [2.05, 4.69) is 10.6 Å². The number of anilines is 2. The van der Waals surface area contributed by atoms with Crippen LogP contribution in [0.1, 0.15) is 31.7 Å². The number of amides is 2. The summed E-state index contributed by atoms with van der Waals surface area (Å²) in [6.45, 7) is 4.12. The third-order valence-corrected chi connectivity index (χ3v) is 7.81. The van der Waals surface area contributed by atoms with E-state index in [0.29, 0.717) is 42.1 Å². The predicted molar refractivity (Wildman–Crippen MR) is 130 cm³/mol. The number of nitrogens with zero attached hydrogens (tertiary/aromatic N) is 1. The number of hydrogen-bond acceptors (Lipinski definition) is 6. The van der Waals surface area contributed by atoms with E-state index in [0.717, 1.165) is 5.56 Å². The monoisotopic (exact) mass is 489 g/mol. The highest BCUT2D eigenvalue weighted by Gasteiger charge is 2.32. The molecule has 2 aromatic carbocycles. The van der Waals surface area contributed by atoms with Crippen LogP contribution in [-0.2, 0) is 19.6 Å². The van der Waals surface area contributed by atoms with E-state index in [9.17, 15) is 18.0 Å². The van der Waals surface area contributed by atoms with Crippen LogP contribution in [0.25, 0.3) is 0 Å². The van der Waals surface area contributed by atoms with Crippen LogP contribution in [0.2, 0.25) is 0 Å². The van der Waals surface area contributed by atoms with Crippen LogP contribution in [-0.4, -0.2) is 51.8 Å². The van der Waals surface area contributed by atoms with Crippen molar-refractivity contribution < 1.29 is 27.5 Å². The fourth-order valence-corrected chi connectivity index (χ4v) is 5.29. The SMILES string of the molecule is CCC(=O)Nc1ccc(C)c(NC(=O)C2CCN(S(=O)(=O)c3ccc(OC)c(OC)c3)CC2)c1. The second-order valence-corrected chi connectivity index (χ2v) is 10.1. The van der Waals surface area contributed by atoms with Gasteiger partial charge in [0.05, 0.1) is 19.1 Å². The van der Waals surface area contributed by atoms with Gasteiger partial charge in [-0.2, -0.15) is 4.31 Å². The number of benzene rings is 2. The topological polar surface area (TPSA) is 114 Å². The van der Waals surface area contributed by atoms with Crippen molar-refractivity contribution in [2.45, 2.75) is 38.0 Å². The number of nitrogens with one attached hydrogen (secondary N) is 2. The Balaban J connectivity index is 1.65. The molecule has 1 aliphatic heterocycles. The Morgan fingerprint density at radius 1 is 1.00 bits per heavy atom. The lowest BCUT2D eigenvalue weighted by molar-refractivity contribution is -0.121. The smallest absolute Gasteiger partial charge is 0.243 e. The summed E-state index contributed by atoms with van der Waals surface area (Å²) in [4.78, 5) is 24.7. The van der Waals surface area contributed by atoms with E-state index < -0.39 is 10.0 Å². The molecule has 0 saturated carbocycles. The van der Waals surface area contributed by atoms with Gasteiger partial charge in [-0.05, 0) is 49.6 Å². The Morgan fingerprint density at radius 2 is 1.68 bits per heavy atom. The zero-order valence-corrected chi connectivity index (χ0v) is 20.7. The lowest BCUT2D eigenvalue weighted by atomic mass is 9.97. The molecule has 2 N–H and O–H groups in total. The molecule has 1 fully saturated rings. The largest absolute Gasteiger partial charge is 0.493 e. The zero-order chi connectivity index (χ0) is 24.9. The minimum atomic E-state index is -3.73. The fourth-order valence-electron chi connectivity index (χ4n) is 3.80. The highest BCUT2D eigenvalue weighted by molar-refractivity contribution is 7.89. The first kappa shape index (κ1) is 25.5. The summed E-state index contributed by atoms with van der Waals surface area (Å²) in [5.74, 6) is 0.204. The van der Waals surface area contributed by atoms with Gasteiger partial charge >= 0.3 is 0 Å². The Morgan fingerprint density at radius 3 is 2.29 bits per heavy atom. The first-order valence-electron chi connectivity index (χ1n) is 11.1. The standard InChI is InChI=1S/C24H31N3O6S/c1-5-23(28)25-18-7-6-16(2)20(14-18)26-24(29)17-10-12-27(13-11-17)34(30,31)19-8-9-21(32-3)22(15-19)33-4/h6-9,14-15,17H,5,10-13H2,1-4H3,(H,25,28)(H,26,29). The summed E-state index contributed by atoms with van der Waals surface area (Å²) < 4.78 is 38.0. The normalized spacial score (nSPS) is 14.9. The number of aryl methyl sites for hydroxylation is 1. The first-order valence-corrected chi connectivity index (χ1v) is 12.6. The minimum absolute atomic E-state index is 0.107. The number of ether oxygens (including phenoxy) is 2. The van der Waals surface area contributed by atoms with Crippen LogP contribution in [0.3, 0.4) is 0 Å². The van der Waals surface area contributed by atoms with Crippen LogP contribution in [0.15, 0.2) is 41.3 Å². The molecule has 34 heavy (non-hydrogen) atoms. The van der Waals surface area contributed by atoms with Gasteiger partial charge in [0.25, 0.3) is 0 Å². The van der Waals surface area contributed by atoms with Gasteiger partial charge in [0.1, 0.15) is 0 Å². The Hall–Kier alpha value is -3.11. The number of hydrogen-bond donors (Lipinski definition) is 2. The van der Waals surface area contributed by atoms with Crippen LogP contribution >= 0.6 is 0 Å². The molecule has 0 bridgehead atoms. The lowest BCUT2D eigenvalue weighted by Crippen LogP contribution is -2.41. The lowest BCUT2D eigenvalue weighted by Gasteiger charge is -2.30. The Bertz CT molecular complexity index is 1160. The van der Waals surface area contributed by atoms with Gasteiger partial charge in [-0.25, -0.2) is 8.42 Å². The van der Waals surface area contributed by atoms with Gasteiger partial charge in [-0.1, -0.05) is 13.0 Å². The fraction of sp³-hybridized carbons (Fsp3) is 0.417. The molecule has 1 heterocycles. The molecule has 0 spiro atoms. The predicted octanol–water partition coefficient (Wildman–Crippen LogP) is 3.40.